The van der Waals surface area contributed by atoms with Gasteiger partial charge in [-0.25, -0.2) is 0 Å². The Morgan fingerprint density at radius 2 is 0.714 bits per heavy atom. The van der Waals surface area contributed by atoms with Crippen molar-refractivity contribution in [2.24, 2.45) is 0 Å². The molecule has 2 aromatic heterocycles. The van der Waals surface area contributed by atoms with E-state index in [9.17, 15) is 9.59 Å². The summed E-state index contributed by atoms with van der Waals surface area (Å²) in [5.74, 6) is 1.79. The number of hydrogen-bond acceptors (Lipinski definition) is 15. The number of hydrogen-bond donors (Lipinski definition) is 2. The van der Waals surface area contributed by atoms with Crippen molar-refractivity contribution in [1.29, 1.82) is 0 Å². The van der Waals surface area contributed by atoms with Gasteiger partial charge in [0, 0.05) is 44.8 Å². The largest absolute Gasteiger partial charge is 0.497 e. The highest BCUT2D eigenvalue weighted by atomic mass is 32.1. The summed E-state index contributed by atoms with van der Waals surface area (Å²) < 4.78 is 58.6. The topological polar surface area (TPSA) is 174 Å². The summed E-state index contributed by atoms with van der Waals surface area (Å²) >= 11 is 2.30. The molecule has 8 aromatic carbocycles. The van der Waals surface area contributed by atoms with Gasteiger partial charge in [0.15, 0.2) is 0 Å². The second kappa shape index (κ2) is 25.3. The molecule has 0 fully saturated rings. The predicted octanol–water partition coefficient (Wildman–Crippen LogP) is 12.4. The van der Waals surface area contributed by atoms with E-state index in [1.165, 1.54) is 0 Å². The lowest BCUT2D eigenvalue weighted by Crippen LogP contribution is -2.17. The molecule has 15 nitrogen and oxygen atoms in total. The summed E-state index contributed by atoms with van der Waals surface area (Å²) in [5.41, 5.74) is 12.3. The maximum Gasteiger partial charge on any atom is 0.259 e. The average molecular weight is 1070 g/mol. The first-order chi connectivity index (χ1) is 38.0. The number of fused-ring (bicyclic) bond motifs is 2. The highest BCUT2D eigenvalue weighted by Crippen LogP contribution is 2.40. The van der Waals surface area contributed by atoms with Crippen LogP contribution in [-0.2, 0) is 14.2 Å². The van der Waals surface area contributed by atoms with Crippen LogP contribution in [0.1, 0.15) is 20.7 Å². The summed E-state index contributed by atoms with van der Waals surface area (Å²) in [5, 5.41) is 6.20. The van der Waals surface area contributed by atoms with Crippen LogP contribution < -0.4 is 29.6 Å². The molecule has 0 atom stereocenters. The minimum absolute atomic E-state index is 0.229. The fourth-order valence-electron chi connectivity index (χ4n) is 8.73. The van der Waals surface area contributed by atoms with Gasteiger partial charge in [0.1, 0.15) is 58.3 Å². The molecule has 0 unspecified atom stereocenters. The van der Waals surface area contributed by atoms with E-state index in [-0.39, 0.29) is 25.0 Å². The van der Waals surface area contributed by atoms with Crippen LogP contribution in [-0.4, -0.2) is 96.4 Å². The Morgan fingerprint density at radius 3 is 1.12 bits per heavy atom. The molecule has 0 aliphatic heterocycles. The number of para-hydroxylation sites is 4. The number of carbonyl (C=O) groups is 2. The van der Waals surface area contributed by atoms with Gasteiger partial charge in [-0.1, -0.05) is 109 Å². The van der Waals surface area contributed by atoms with Crippen LogP contribution in [0.5, 0.6) is 23.0 Å². The Balaban J connectivity index is 0.641. The minimum atomic E-state index is -0.314. The smallest absolute Gasteiger partial charge is 0.259 e. The lowest BCUT2D eigenvalue weighted by Gasteiger charge is -2.15. The predicted molar refractivity (Wildman–Crippen MR) is 302 cm³/mol. The number of nitrogens with zero attached hydrogens (tertiary/aromatic N) is 4. The highest BCUT2D eigenvalue weighted by molar-refractivity contribution is 7.00. The van der Waals surface area contributed by atoms with Gasteiger partial charge in [-0.15, -0.1) is 0 Å². The monoisotopic (exact) mass is 1060 g/mol. The third-order valence-corrected chi connectivity index (χ3v) is 13.6. The van der Waals surface area contributed by atoms with E-state index < -0.39 is 0 Å². The standard InChI is InChI=1S/C60H52N6O9S2/c1-69-41-23-19-39(20-24-41)43-27-29-47(57-55(43)63-76-65-57)45-11-3-7-15-51(45)61-59(67)49-13-5-9-17-53(49)74-37-35-72-33-31-71-32-34-73-36-38-75-54-18-10-6-14-50(54)60(68)62-52-16-8-4-12-46(52)48-30-28-44(56-58(48)66-77-64-56)40-21-25-42(70-2)26-22-40/h3-30H,31-38H2,1-2H3,(H,61,67)(H,62,68). The van der Waals surface area contributed by atoms with Crippen LogP contribution in [0.2, 0.25) is 0 Å². The van der Waals surface area contributed by atoms with Crippen molar-refractivity contribution in [3.05, 3.63) is 181 Å². The highest BCUT2D eigenvalue weighted by Gasteiger charge is 2.21. The fraction of sp³-hybridized carbons (Fsp3) is 0.167. The third kappa shape index (κ3) is 12.3. The van der Waals surface area contributed by atoms with Crippen LogP contribution in [0.3, 0.4) is 0 Å². The SMILES string of the molecule is COc1ccc(-c2ccc(-c3ccccc3NC(=O)c3ccccc3OCCOCCOCCOCCOc3ccccc3C(=O)Nc3ccccc3-c3ccc(-c4ccc(OC)cc4)c4nsnc34)c3nsnc23)cc1. The molecule has 10 aromatic rings. The number of aromatic nitrogens is 4. The number of ether oxygens (including phenoxy) is 7. The molecular formula is C60H52N6O9S2. The molecule has 10 rings (SSSR count). The molecule has 2 N–H and O–H groups in total. The van der Waals surface area contributed by atoms with Gasteiger partial charge >= 0.3 is 0 Å². The van der Waals surface area contributed by atoms with Crippen LogP contribution in [0.4, 0.5) is 11.4 Å². The number of nitrogens with one attached hydrogen (secondary N) is 2. The van der Waals surface area contributed by atoms with Crippen molar-refractivity contribution in [2.75, 3.05) is 77.7 Å². The average Bonchev–Trinajstić information content (AvgIpc) is 4.20. The molecule has 2 amide bonds. The quantitative estimate of drug-likeness (QED) is 0.0548. The zero-order chi connectivity index (χ0) is 52.8. The zero-order valence-electron chi connectivity index (χ0n) is 42.1. The van der Waals surface area contributed by atoms with Crippen LogP contribution in [0.15, 0.2) is 170 Å². The first-order valence-corrected chi connectivity index (χ1v) is 26.2. The lowest BCUT2D eigenvalue weighted by molar-refractivity contribution is 0.00493. The van der Waals surface area contributed by atoms with Gasteiger partial charge in [-0.2, -0.15) is 17.5 Å². The Labute approximate surface area is 453 Å². The maximum atomic E-state index is 13.8. The minimum Gasteiger partial charge on any atom is -0.497 e. The van der Waals surface area contributed by atoms with Crippen LogP contribution in [0, 0.1) is 0 Å². The molecule has 0 aliphatic carbocycles. The van der Waals surface area contributed by atoms with E-state index in [1.54, 1.807) is 50.6 Å². The Bertz CT molecular complexity index is 3390. The molecule has 0 spiro atoms. The van der Waals surface area contributed by atoms with Crippen molar-refractivity contribution in [1.82, 2.24) is 17.5 Å². The van der Waals surface area contributed by atoms with Crippen LogP contribution in [0.25, 0.3) is 66.6 Å². The molecule has 77 heavy (non-hydrogen) atoms. The number of anilines is 2. The molecule has 17 heteroatoms. The summed E-state index contributed by atoms with van der Waals surface area (Å²) in [6, 6.07) is 53.3. The summed E-state index contributed by atoms with van der Waals surface area (Å²) in [7, 11) is 3.29. The number of methoxy groups -OCH3 is 2. The van der Waals surface area contributed by atoms with Crippen molar-refractivity contribution in [3.8, 4) is 67.5 Å². The maximum absolute atomic E-state index is 13.8. The van der Waals surface area contributed by atoms with Gasteiger partial charge in [-0.05, 0) is 71.8 Å². The van der Waals surface area contributed by atoms with Gasteiger partial charge in [0.05, 0.1) is 88.4 Å². The van der Waals surface area contributed by atoms with E-state index >= 15 is 0 Å². The van der Waals surface area contributed by atoms with Gasteiger partial charge in [0.25, 0.3) is 11.8 Å². The Kier molecular flexibility index (Phi) is 17.1. The normalized spacial score (nSPS) is 11.1. The molecule has 0 aliphatic rings. The molecule has 0 saturated carbocycles. The molecular weight excluding hydrogens is 1010 g/mol. The van der Waals surface area contributed by atoms with E-state index in [0.29, 0.717) is 73.6 Å². The van der Waals surface area contributed by atoms with Gasteiger partial charge in [0.2, 0.25) is 0 Å². The molecule has 388 valence electrons. The molecule has 0 saturated heterocycles. The van der Waals surface area contributed by atoms with E-state index in [0.717, 1.165) is 102 Å². The fourth-order valence-corrected chi connectivity index (χ4v) is 9.88. The molecule has 2 heterocycles. The number of benzene rings is 8. The molecule has 0 radical (unpaired) electrons. The molecule has 0 bridgehead atoms. The van der Waals surface area contributed by atoms with Crippen molar-refractivity contribution >= 4 is 68.7 Å². The zero-order valence-corrected chi connectivity index (χ0v) is 43.7. The lowest BCUT2D eigenvalue weighted by atomic mass is 9.96. The second-order valence-corrected chi connectivity index (χ2v) is 18.3. The van der Waals surface area contributed by atoms with E-state index in [1.807, 2.05) is 133 Å². The Morgan fingerprint density at radius 1 is 0.377 bits per heavy atom. The first kappa shape index (κ1) is 51.9. The first-order valence-electron chi connectivity index (χ1n) is 24.7. The summed E-state index contributed by atoms with van der Waals surface area (Å²) in [4.78, 5) is 27.6. The van der Waals surface area contributed by atoms with E-state index in [4.69, 9.17) is 33.2 Å². The Hall–Kier alpha value is -8.58. The van der Waals surface area contributed by atoms with Crippen molar-refractivity contribution in [3.63, 3.8) is 0 Å². The van der Waals surface area contributed by atoms with Gasteiger partial charge in [-0.3, -0.25) is 9.59 Å². The van der Waals surface area contributed by atoms with E-state index in [2.05, 4.69) is 28.1 Å². The van der Waals surface area contributed by atoms with Gasteiger partial charge < -0.3 is 43.8 Å². The third-order valence-electron chi connectivity index (χ3n) is 12.5. The van der Waals surface area contributed by atoms with Crippen molar-refractivity contribution < 1.29 is 42.7 Å². The number of rotatable bonds is 24. The van der Waals surface area contributed by atoms with Crippen molar-refractivity contribution in [2.45, 2.75) is 0 Å². The number of carbonyl (C=O) groups excluding carboxylic acids is 2. The van der Waals surface area contributed by atoms with Crippen LogP contribution >= 0.6 is 23.5 Å². The second-order valence-electron chi connectivity index (χ2n) is 17.2. The summed E-state index contributed by atoms with van der Waals surface area (Å²) in [6.07, 6.45) is 0. The number of amides is 2. The summed E-state index contributed by atoms with van der Waals surface area (Å²) in [6.45, 7) is 2.46.